The van der Waals surface area contributed by atoms with Crippen molar-refractivity contribution in [2.45, 2.75) is 6.92 Å². The molecule has 0 radical (unpaired) electrons. The minimum Gasteiger partial charge on any atom is -0.489 e. The number of ether oxygens (including phenoxy) is 2. The molecule has 1 atom stereocenters. The van der Waals surface area contributed by atoms with Gasteiger partial charge in [0.25, 0.3) is 0 Å². The van der Waals surface area contributed by atoms with E-state index in [2.05, 4.69) is 0 Å². The van der Waals surface area contributed by atoms with Gasteiger partial charge in [-0.05, 0) is 17.6 Å². The second-order valence-electron chi connectivity index (χ2n) is 3.81. The highest BCUT2D eigenvalue weighted by molar-refractivity contribution is 6.58. The molecule has 0 amide bonds. The molecule has 1 unspecified atom stereocenters. The molecule has 2 rings (SSSR count). The van der Waals surface area contributed by atoms with Crippen molar-refractivity contribution in [2.75, 3.05) is 13.2 Å². The van der Waals surface area contributed by atoms with Crippen LogP contribution in [0.1, 0.15) is 6.92 Å². The highest BCUT2D eigenvalue weighted by atomic mass is 16.5. The van der Waals surface area contributed by atoms with Gasteiger partial charge in [-0.2, -0.15) is 0 Å². The van der Waals surface area contributed by atoms with E-state index in [0.29, 0.717) is 36.1 Å². The van der Waals surface area contributed by atoms with Crippen LogP contribution in [-0.2, 0) is 0 Å². The number of rotatable bonds is 1. The fourth-order valence-corrected chi connectivity index (χ4v) is 1.43. The van der Waals surface area contributed by atoms with E-state index in [1.807, 2.05) is 6.92 Å². The first-order valence-corrected chi connectivity index (χ1v) is 4.92. The van der Waals surface area contributed by atoms with Crippen LogP contribution in [0.15, 0.2) is 18.2 Å². The quantitative estimate of drug-likeness (QED) is 0.626. The Balaban J connectivity index is 2.28. The van der Waals surface area contributed by atoms with Crippen molar-refractivity contribution in [1.82, 2.24) is 0 Å². The molecule has 15 heavy (non-hydrogen) atoms. The van der Waals surface area contributed by atoms with Crippen LogP contribution in [-0.4, -0.2) is 30.4 Å². The summed E-state index contributed by atoms with van der Waals surface area (Å²) < 4.78 is 11.0. The molecule has 1 aromatic carbocycles. The maximum absolute atomic E-state index is 9.01. The summed E-state index contributed by atoms with van der Waals surface area (Å²) >= 11 is 0. The molecule has 0 fully saturated rings. The molecular formula is C10H13BO4. The van der Waals surface area contributed by atoms with Crippen molar-refractivity contribution in [2.24, 2.45) is 5.92 Å². The van der Waals surface area contributed by atoms with E-state index in [4.69, 9.17) is 19.5 Å². The summed E-state index contributed by atoms with van der Waals surface area (Å²) in [6, 6.07) is 4.91. The van der Waals surface area contributed by atoms with Crippen LogP contribution >= 0.6 is 0 Å². The summed E-state index contributed by atoms with van der Waals surface area (Å²) in [5, 5.41) is 18.0. The Kier molecular flexibility index (Phi) is 2.84. The predicted octanol–water partition coefficient (Wildman–Crippen LogP) is -0.226. The van der Waals surface area contributed by atoms with Gasteiger partial charge >= 0.3 is 7.12 Å². The predicted molar refractivity (Wildman–Crippen MR) is 56.4 cm³/mol. The molecule has 1 aliphatic heterocycles. The van der Waals surface area contributed by atoms with Crippen molar-refractivity contribution < 1.29 is 19.5 Å². The third-order valence-corrected chi connectivity index (χ3v) is 2.31. The van der Waals surface area contributed by atoms with E-state index >= 15 is 0 Å². The van der Waals surface area contributed by atoms with E-state index in [1.54, 1.807) is 18.2 Å². The highest BCUT2D eigenvalue weighted by Gasteiger charge is 2.18. The van der Waals surface area contributed by atoms with Gasteiger partial charge in [-0.25, -0.2) is 0 Å². The molecule has 4 nitrogen and oxygen atoms in total. The SMILES string of the molecule is CC1COc2ccc(B(O)O)cc2OC1. The maximum Gasteiger partial charge on any atom is 0.488 e. The van der Waals surface area contributed by atoms with Crippen molar-refractivity contribution in [3.63, 3.8) is 0 Å². The molecule has 0 bridgehead atoms. The van der Waals surface area contributed by atoms with Gasteiger partial charge < -0.3 is 19.5 Å². The van der Waals surface area contributed by atoms with E-state index in [-0.39, 0.29) is 0 Å². The van der Waals surface area contributed by atoms with Crippen LogP contribution in [0.4, 0.5) is 0 Å². The molecule has 1 aromatic rings. The van der Waals surface area contributed by atoms with Crippen LogP contribution in [0, 0.1) is 5.92 Å². The van der Waals surface area contributed by atoms with E-state index in [0.717, 1.165) is 0 Å². The molecule has 0 aromatic heterocycles. The van der Waals surface area contributed by atoms with E-state index < -0.39 is 7.12 Å². The van der Waals surface area contributed by atoms with E-state index in [1.165, 1.54) is 0 Å². The molecular weight excluding hydrogens is 195 g/mol. The van der Waals surface area contributed by atoms with Gasteiger partial charge in [0.15, 0.2) is 11.5 Å². The zero-order chi connectivity index (χ0) is 10.8. The van der Waals surface area contributed by atoms with Crippen LogP contribution in [0.3, 0.4) is 0 Å². The fraction of sp³-hybridized carbons (Fsp3) is 0.400. The van der Waals surface area contributed by atoms with Crippen LogP contribution in [0.2, 0.25) is 0 Å². The lowest BCUT2D eigenvalue weighted by Crippen LogP contribution is -2.29. The minimum atomic E-state index is -1.47. The Bertz CT molecular complexity index is 353. The maximum atomic E-state index is 9.01. The van der Waals surface area contributed by atoms with Gasteiger partial charge in [0.2, 0.25) is 0 Å². The summed E-state index contributed by atoms with van der Waals surface area (Å²) in [4.78, 5) is 0. The van der Waals surface area contributed by atoms with Gasteiger partial charge in [-0.1, -0.05) is 13.0 Å². The lowest BCUT2D eigenvalue weighted by Gasteiger charge is -2.08. The highest BCUT2D eigenvalue weighted by Crippen LogP contribution is 2.28. The molecule has 0 aliphatic carbocycles. The average Bonchev–Trinajstić information content (AvgIpc) is 2.40. The average molecular weight is 208 g/mol. The Hall–Kier alpha value is -1.20. The molecule has 0 saturated heterocycles. The number of benzene rings is 1. The Labute approximate surface area is 88.6 Å². The number of hydrogen-bond donors (Lipinski definition) is 2. The molecule has 1 aliphatic rings. The van der Waals surface area contributed by atoms with Crippen LogP contribution in [0.5, 0.6) is 11.5 Å². The number of fused-ring (bicyclic) bond motifs is 1. The normalized spacial score (nSPS) is 19.5. The topological polar surface area (TPSA) is 58.9 Å². The molecule has 5 heteroatoms. The second kappa shape index (κ2) is 4.12. The van der Waals surface area contributed by atoms with Gasteiger partial charge in [-0.3, -0.25) is 0 Å². The van der Waals surface area contributed by atoms with Crippen molar-refractivity contribution in [3.05, 3.63) is 18.2 Å². The van der Waals surface area contributed by atoms with Crippen molar-refractivity contribution in [1.29, 1.82) is 0 Å². The molecule has 0 saturated carbocycles. The summed E-state index contributed by atoms with van der Waals surface area (Å²) in [7, 11) is -1.47. The summed E-state index contributed by atoms with van der Waals surface area (Å²) in [6.07, 6.45) is 0. The Morgan fingerprint density at radius 1 is 1.20 bits per heavy atom. The fourth-order valence-electron chi connectivity index (χ4n) is 1.43. The monoisotopic (exact) mass is 208 g/mol. The third kappa shape index (κ3) is 2.24. The van der Waals surface area contributed by atoms with Gasteiger partial charge in [-0.15, -0.1) is 0 Å². The van der Waals surface area contributed by atoms with Crippen LogP contribution in [0.25, 0.3) is 0 Å². The summed E-state index contributed by atoms with van der Waals surface area (Å²) in [5.74, 6) is 1.56. The lowest BCUT2D eigenvalue weighted by molar-refractivity contribution is 0.228. The molecule has 1 heterocycles. The first-order valence-electron chi connectivity index (χ1n) is 4.92. The van der Waals surface area contributed by atoms with Crippen molar-refractivity contribution >= 4 is 12.6 Å². The molecule has 2 N–H and O–H groups in total. The third-order valence-electron chi connectivity index (χ3n) is 2.31. The zero-order valence-electron chi connectivity index (χ0n) is 8.51. The smallest absolute Gasteiger partial charge is 0.488 e. The zero-order valence-corrected chi connectivity index (χ0v) is 8.51. The lowest BCUT2D eigenvalue weighted by atomic mass is 9.80. The van der Waals surface area contributed by atoms with Gasteiger partial charge in [0, 0.05) is 5.92 Å². The number of hydrogen-bond acceptors (Lipinski definition) is 4. The van der Waals surface area contributed by atoms with Crippen molar-refractivity contribution in [3.8, 4) is 11.5 Å². The molecule has 0 spiro atoms. The molecule has 80 valence electrons. The van der Waals surface area contributed by atoms with Crippen LogP contribution < -0.4 is 14.9 Å². The standard InChI is InChI=1S/C10H13BO4/c1-7-5-14-9-3-2-8(11(12)13)4-10(9)15-6-7/h2-4,7,12-13H,5-6H2,1H3. The van der Waals surface area contributed by atoms with Gasteiger partial charge in [0.05, 0.1) is 13.2 Å². The first kappa shape index (κ1) is 10.3. The second-order valence-corrected chi connectivity index (χ2v) is 3.81. The minimum absolute atomic E-state index is 0.333. The van der Waals surface area contributed by atoms with E-state index in [9.17, 15) is 0 Å². The first-order chi connectivity index (χ1) is 7.16. The van der Waals surface area contributed by atoms with Gasteiger partial charge in [0.1, 0.15) is 0 Å². The Morgan fingerprint density at radius 3 is 2.53 bits per heavy atom. The largest absolute Gasteiger partial charge is 0.489 e. The summed E-state index contributed by atoms with van der Waals surface area (Å²) in [6.45, 7) is 3.24. The summed E-state index contributed by atoms with van der Waals surface area (Å²) in [5.41, 5.74) is 0.409. The Morgan fingerprint density at radius 2 is 1.87 bits per heavy atom.